The van der Waals surface area contributed by atoms with Crippen molar-refractivity contribution in [2.75, 3.05) is 30.7 Å². The second kappa shape index (κ2) is 10.1. The van der Waals surface area contributed by atoms with Crippen LogP contribution in [0.2, 0.25) is 0 Å². The van der Waals surface area contributed by atoms with Crippen LogP contribution in [0.15, 0.2) is 22.5 Å². The Hall–Kier alpha value is -1.29. The first-order valence-corrected chi connectivity index (χ1v) is 9.88. The summed E-state index contributed by atoms with van der Waals surface area (Å²) in [6.45, 7) is 3.28. The molecule has 1 fully saturated rings. The van der Waals surface area contributed by atoms with E-state index >= 15 is 0 Å². The zero-order valence-electron chi connectivity index (χ0n) is 13.9. The van der Waals surface area contributed by atoms with Crippen LogP contribution in [0.1, 0.15) is 29.6 Å². The minimum absolute atomic E-state index is 0. The molecule has 0 radical (unpaired) electrons. The van der Waals surface area contributed by atoms with Gasteiger partial charge in [0.15, 0.2) is 4.34 Å². The Bertz CT molecular complexity index is 721. The van der Waals surface area contributed by atoms with Crippen LogP contribution >= 0.6 is 35.5 Å². The average molecular weight is 421 g/mol. The number of nitrogens with zero attached hydrogens (tertiary/aromatic N) is 3. The number of benzene rings is 1. The van der Waals surface area contributed by atoms with Gasteiger partial charge in [-0.3, -0.25) is 10.1 Å². The van der Waals surface area contributed by atoms with Crippen molar-refractivity contribution >= 4 is 46.5 Å². The number of thioether (sulfide) groups is 1. The Morgan fingerprint density at radius 1 is 1.19 bits per heavy atom. The van der Waals surface area contributed by atoms with Gasteiger partial charge in [0.05, 0.1) is 0 Å². The van der Waals surface area contributed by atoms with E-state index in [2.05, 4.69) is 20.4 Å². The zero-order valence-corrected chi connectivity index (χ0v) is 16.4. The van der Waals surface area contributed by atoms with Crippen molar-refractivity contribution in [2.24, 2.45) is 0 Å². The van der Waals surface area contributed by atoms with Gasteiger partial charge >= 0.3 is 0 Å². The first-order valence-electron chi connectivity index (χ1n) is 8.07. The monoisotopic (exact) mass is 420 g/mol. The van der Waals surface area contributed by atoms with E-state index in [0.29, 0.717) is 0 Å². The number of piperidine rings is 1. The molecule has 1 aliphatic heterocycles. The third kappa shape index (κ3) is 5.60. The van der Waals surface area contributed by atoms with E-state index in [-0.39, 0.29) is 17.5 Å². The Labute approximate surface area is 165 Å². The molecule has 0 saturated carbocycles. The molecule has 0 bridgehead atoms. The lowest BCUT2D eigenvalue weighted by Gasteiger charge is -2.25. The van der Waals surface area contributed by atoms with Gasteiger partial charge in [0.25, 0.3) is 5.91 Å². The highest BCUT2D eigenvalue weighted by molar-refractivity contribution is 8.01. The number of nitrogens with one attached hydrogen (secondary N) is 1. The molecule has 26 heavy (non-hydrogen) atoms. The van der Waals surface area contributed by atoms with Crippen molar-refractivity contribution in [3.8, 4) is 0 Å². The minimum Gasteiger partial charge on any atom is -0.303 e. The summed E-state index contributed by atoms with van der Waals surface area (Å²) in [5, 5.41) is 10.5. The van der Waals surface area contributed by atoms with Gasteiger partial charge in [0, 0.05) is 12.3 Å². The molecule has 0 unspecified atom stereocenters. The van der Waals surface area contributed by atoms with E-state index in [4.69, 9.17) is 0 Å². The number of hydrogen-bond donors (Lipinski definition) is 1. The number of likely N-dealkylation sites (tertiary alicyclic amines) is 1. The van der Waals surface area contributed by atoms with Gasteiger partial charge in [-0.05, 0) is 38.1 Å². The molecule has 1 N–H and O–H groups in total. The zero-order chi connectivity index (χ0) is 17.6. The largest absolute Gasteiger partial charge is 0.303 e. The van der Waals surface area contributed by atoms with Crippen molar-refractivity contribution in [1.29, 1.82) is 0 Å². The molecule has 5 nitrogen and oxygen atoms in total. The fourth-order valence-corrected chi connectivity index (χ4v) is 4.46. The van der Waals surface area contributed by atoms with Gasteiger partial charge in [-0.15, -0.1) is 22.6 Å². The van der Waals surface area contributed by atoms with E-state index < -0.39 is 23.1 Å². The van der Waals surface area contributed by atoms with E-state index in [1.54, 1.807) is 11.8 Å². The quantitative estimate of drug-likeness (QED) is 0.564. The Kier molecular flexibility index (Phi) is 8.20. The summed E-state index contributed by atoms with van der Waals surface area (Å²) in [6.07, 6.45) is 3.82. The van der Waals surface area contributed by atoms with Crippen LogP contribution in [-0.2, 0) is 0 Å². The third-order valence-electron chi connectivity index (χ3n) is 3.90. The lowest BCUT2D eigenvalue weighted by Crippen LogP contribution is -2.31. The average Bonchev–Trinajstić information content (AvgIpc) is 3.03. The van der Waals surface area contributed by atoms with Crippen LogP contribution in [0.3, 0.4) is 0 Å². The molecule has 0 aliphatic carbocycles. The predicted molar refractivity (Wildman–Crippen MR) is 102 cm³/mol. The van der Waals surface area contributed by atoms with Gasteiger partial charge in [0.1, 0.15) is 17.2 Å². The number of carbonyl (C=O) groups excluding carboxylic acids is 1. The maximum absolute atomic E-state index is 13.6. The fourth-order valence-electron chi connectivity index (χ4n) is 2.64. The minimum atomic E-state index is -0.904. The van der Waals surface area contributed by atoms with Crippen LogP contribution < -0.4 is 5.32 Å². The number of anilines is 1. The van der Waals surface area contributed by atoms with E-state index in [9.17, 15) is 13.6 Å². The summed E-state index contributed by atoms with van der Waals surface area (Å²) in [4.78, 5) is 14.5. The molecule has 1 amide bonds. The van der Waals surface area contributed by atoms with Gasteiger partial charge in [-0.25, -0.2) is 8.78 Å². The normalized spacial score (nSPS) is 14.7. The van der Waals surface area contributed by atoms with Crippen LogP contribution in [0.25, 0.3) is 0 Å². The van der Waals surface area contributed by atoms with Gasteiger partial charge in [-0.1, -0.05) is 35.6 Å². The lowest BCUT2D eigenvalue weighted by atomic mass is 10.1. The first kappa shape index (κ1) is 21.0. The molecule has 2 heterocycles. The summed E-state index contributed by atoms with van der Waals surface area (Å²) in [5.41, 5.74) is -0.614. The van der Waals surface area contributed by atoms with E-state index in [1.807, 2.05) is 0 Å². The van der Waals surface area contributed by atoms with E-state index in [0.717, 1.165) is 41.9 Å². The molecule has 2 aromatic rings. The van der Waals surface area contributed by atoms with E-state index in [1.165, 1.54) is 36.7 Å². The highest BCUT2D eigenvalue weighted by Crippen LogP contribution is 2.26. The van der Waals surface area contributed by atoms with Crippen LogP contribution in [0.4, 0.5) is 13.9 Å². The molecule has 1 aliphatic rings. The molecular weight excluding hydrogens is 402 g/mol. The van der Waals surface area contributed by atoms with Crippen molar-refractivity contribution in [3.63, 3.8) is 0 Å². The van der Waals surface area contributed by atoms with Crippen LogP contribution in [0.5, 0.6) is 0 Å². The van der Waals surface area contributed by atoms with Crippen LogP contribution in [0, 0.1) is 11.6 Å². The maximum atomic E-state index is 13.6. The Morgan fingerprint density at radius 3 is 2.58 bits per heavy atom. The number of aromatic nitrogens is 2. The molecule has 1 saturated heterocycles. The standard InChI is InChI=1S/C16H18F2N4OS2.ClH/c17-11-5-4-6-12(18)13(11)14(23)19-15-20-21-16(25-15)24-10-9-22-7-2-1-3-8-22;/h4-6H,1-3,7-10H2,(H,19,20,23);1H. The maximum Gasteiger partial charge on any atom is 0.263 e. The summed E-state index contributed by atoms with van der Waals surface area (Å²) in [7, 11) is 0. The van der Waals surface area contributed by atoms with Gasteiger partial charge < -0.3 is 4.90 Å². The van der Waals surface area contributed by atoms with Crippen molar-refractivity contribution in [2.45, 2.75) is 23.6 Å². The summed E-state index contributed by atoms with van der Waals surface area (Å²) in [6, 6.07) is 3.30. The number of rotatable bonds is 6. The number of hydrogen-bond acceptors (Lipinski definition) is 6. The molecular formula is C16H19ClF2N4OS2. The van der Waals surface area contributed by atoms with Crippen molar-refractivity contribution in [1.82, 2.24) is 15.1 Å². The smallest absolute Gasteiger partial charge is 0.263 e. The number of carbonyl (C=O) groups is 1. The van der Waals surface area contributed by atoms with Gasteiger partial charge in [-0.2, -0.15) is 0 Å². The van der Waals surface area contributed by atoms with Crippen molar-refractivity contribution in [3.05, 3.63) is 35.4 Å². The number of halogens is 3. The highest BCUT2D eigenvalue weighted by atomic mass is 35.5. The Balaban J connectivity index is 0.00000243. The van der Waals surface area contributed by atoms with Gasteiger partial charge in [0.2, 0.25) is 5.13 Å². The molecule has 1 aromatic heterocycles. The first-order chi connectivity index (χ1) is 12.1. The molecule has 142 valence electrons. The van der Waals surface area contributed by atoms with Crippen LogP contribution in [-0.4, -0.2) is 46.4 Å². The molecule has 1 aromatic carbocycles. The molecule has 3 rings (SSSR count). The molecule has 10 heteroatoms. The second-order valence-electron chi connectivity index (χ2n) is 5.67. The highest BCUT2D eigenvalue weighted by Gasteiger charge is 2.19. The third-order valence-corrected chi connectivity index (χ3v) is 5.85. The molecule has 0 atom stereocenters. The Morgan fingerprint density at radius 2 is 1.88 bits per heavy atom. The fraction of sp³-hybridized carbons (Fsp3) is 0.438. The summed E-state index contributed by atoms with van der Waals surface area (Å²) in [5.74, 6) is -1.78. The topological polar surface area (TPSA) is 58.1 Å². The predicted octanol–water partition coefficient (Wildman–Crippen LogP) is 4.07. The summed E-state index contributed by atoms with van der Waals surface area (Å²) >= 11 is 2.77. The SMILES string of the molecule is Cl.O=C(Nc1nnc(SCCN2CCCCC2)s1)c1c(F)cccc1F. The second-order valence-corrected chi connectivity index (χ2v) is 7.99. The lowest BCUT2D eigenvalue weighted by molar-refractivity contribution is 0.101. The number of amides is 1. The summed E-state index contributed by atoms with van der Waals surface area (Å²) < 4.78 is 27.9. The van der Waals surface area contributed by atoms with Crippen molar-refractivity contribution < 1.29 is 13.6 Å². The molecule has 0 spiro atoms.